The van der Waals surface area contributed by atoms with E-state index >= 15 is 0 Å². The summed E-state index contributed by atoms with van der Waals surface area (Å²) in [6, 6.07) is 3.75. The van der Waals surface area contributed by atoms with E-state index in [1.807, 2.05) is 6.92 Å². The van der Waals surface area contributed by atoms with Crippen LogP contribution < -0.4 is 0 Å². The molecule has 0 saturated heterocycles. The molecule has 1 heterocycles. The number of halogens is 2. The lowest BCUT2D eigenvalue weighted by Gasteiger charge is -2.05. The average Bonchev–Trinajstić information content (AvgIpc) is 2.76. The number of carbonyl (C=O) groups excluding carboxylic acids is 1. The van der Waals surface area contributed by atoms with Gasteiger partial charge in [-0.05, 0) is 13.0 Å². The number of carbonyl (C=O) groups is 1. The largest absolute Gasteiger partial charge is 0.460 e. The fourth-order valence-corrected chi connectivity index (χ4v) is 2.12. The smallest absolute Gasteiger partial charge is 0.312 e. The monoisotopic (exact) mass is 283 g/mol. The number of esters is 1. The molecule has 1 aromatic heterocycles. The molecule has 0 unspecified atom stereocenters. The molecule has 2 rings (SSSR count). The summed E-state index contributed by atoms with van der Waals surface area (Å²) in [5.74, 6) is -2.46. The van der Waals surface area contributed by atoms with Gasteiger partial charge in [-0.2, -0.15) is 0 Å². The second-order valence-electron chi connectivity index (χ2n) is 3.91. The Bertz CT molecular complexity index is 598. The molecule has 100 valence electrons. The number of aryl methyl sites for hydroxylation is 1. The lowest BCUT2D eigenvalue weighted by Crippen LogP contribution is -2.09. The predicted molar refractivity (Wildman–Crippen MR) is 66.7 cm³/mol. The molecule has 0 bridgehead atoms. The molecule has 0 atom stereocenters. The SMILES string of the molecule is Cc1nc(CC(=O)OCc2cccc(F)c2F)cs1. The maximum atomic E-state index is 13.3. The highest BCUT2D eigenvalue weighted by molar-refractivity contribution is 7.09. The minimum atomic E-state index is -0.986. The first kappa shape index (κ1) is 13.6. The zero-order chi connectivity index (χ0) is 13.8. The number of aromatic nitrogens is 1. The zero-order valence-electron chi connectivity index (χ0n) is 10.2. The van der Waals surface area contributed by atoms with Crippen molar-refractivity contribution in [1.29, 1.82) is 0 Å². The second-order valence-corrected chi connectivity index (χ2v) is 4.97. The maximum absolute atomic E-state index is 13.3. The first-order chi connectivity index (χ1) is 9.06. The normalized spacial score (nSPS) is 10.5. The summed E-state index contributed by atoms with van der Waals surface area (Å²) in [6.07, 6.45) is 0.0290. The lowest BCUT2D eigenvalue weighted by atomic mass is 10.2. The fraction of sp³-hybridized carbons (Fsp3) is 0.231. The first-order valence-corrected chi connectivity index (χ1v) is 6.43. The molecule has 0 N–H and O–H groups in total. The Morgan fingerprint density at radius 2 is 2.21 bits per heavy atom. The van der Waals surface area contributed by atoms with Crippen molar-refractivity contribution in [3.63, 3.8) is 0 Å². The van der Waals surface area contributed by atoms with Gasteiger partial charge in [0, 0.05) is 10.9 Å². The van der Waals surface area contributed by atoms with Crippen molar-refractivity contribution in [2.24, 2.45) is 0 Å². The van der Waals surface area contributed by atoms with E-state index in [-0.39, 0.29) is 18.6 Å². The molecule has 19 heavy (non-hydrogen) atoms. The van der Waals surface area contributed by atoms with E-state index < -0.39 is 17.6 Å². The number of nitrogens with zero attached hydrogens (tertiary/aromatic N) is 1. The van der Waals surface area contributed by atoms with Gasteiger partial charge in [-0.25, -0.2) is 13.8 Å². The first-order valence-electron chi connectivity index (χ1n) is 5.56. The van der Waals surface area contributed by atoms with Crippen LogP contribution in [0.25, 0.3) is 0 Å². The predicted octanol–water partition coefficient (Wildman–Crippen LogP) is 3.02. The van der Waals surface area contributed by atoms with Crippen molar-refractivity contribution in [2.75, 3.05) is 0 Å². The molecule has 0 spiro atoms. The number of benzene rings is 1. The highest BCUT2D eigenvalue weighted by Gasteiger charge is 2.11. The molecular weight excluding hydrogens is 272 g/mol. The van der Waals surface area contributed by atoms with Gasteiger partial charge in [0.2, 0.25) is 0 Å². The Morgan fingerprint density at radius 3 is 2.89 bits per heavy atom. The van der Waals surface area contributed by atoms with Gasteiger partial charge in [0.05, 0.1) is 17.1 Å². The Hall–Kier alpha value is -1.82. The van der Waals surface area contributed by atoms with Gasteiger partial charge in [0.1, 0.15) is 6.61 Å². The summed E-state index contributed by atoms with van der Waals surface area (Å²) >= 11 is 1.44. The van der Waals surface area contributed by atoms with Crippen molar-refractivity contribution in [2.45, 2.75) is 20.0 Å². The number of hydrogen-bond acceptors (Lipinski definition) is 4. The molecule has 0 aliphatic rings. The van der Waals surface area contributed by atoms with Crippen LogP contribution in [0.1, 0.15) is 16.3 Å². The van der Waals surface area contributed by atoms with Gasteiger partial charge < -0.3 is 4.74 Å². The van der Waals surface area contributed by atoms with Crippen LogP contribution >= 0.6 is 11.3 Å². The molecular formula is C13H11F2NO2S. The summed E-state index contributed by atoms with van der Waals surface area (Å²) < 4.78 is 31.1. The molecule has 0 radical (unpaired) electrons. The number of thiazole rings is 1. The zero-order valence-corrected chi connectivity index (χ0v) is 11.0. The van der Waals surface area contributed by atoms with Crippen LogP contribution in [-0.4, -0.2) is 11.0 Å². The lowest BCUT2D eigenvalue weighted by molar-refractivity contribution is -0.144. The second kappa shape index (κ2) is 5.88. The molecule has 2 aromatic rings. The van der Waals surface area contributed by atoms with Gasteiger partial charge in [-0.1, -0.05) is 12.1 Å². The number of ether oxygens (including phenoxy) is 1. The minimum absolute atomic E-state index is 0.0165. The van der Waals surface area contributed by atoms with Crippen molar-refractivity contribution >= 4 is 17.3 Å². The van der Waals surface area contributed by atoms with Crippen LogP contribution in [0.2, 0.25) is 0 Å². The van der Waals surface area contributed by atoms with E-state index in [2.05, 4.69) is 4.98 Å². The van der Waals surface area contributed by atoms with E-state index in [0.29, 0.717) is 5.69 Å². The molecule has 0 fully saturated rings. The van der Waals surface area contributed by atoms with Crippen LogP contribution in [0.15, 0.2) is 23.6 Å². The van der Waals surface area contributed by atoms with E-state index in [4.69, 9.17) is 4.74 Å². The Balaban J connectivity index is 1.91. The average molecular weight is 283 g/mol. The van der Waals surface area contributed by atoms with Crippen LogP contribution in [-0.2, 0) is 22.6 Å². The molecule has 0 saturated carbocycles. The van der Waals surface area contributed by atoms with Gasteiger partial charge in [0.15, 0.2) is 11.6 Å². The molecule has 1 aromatic carbocycles. The van der Waals surface area contributed by atoms with Crippen molar-refractivity contribution in [3.8, 4) is 0 Å². The summed E-state index contributed by atoms with van der Waals surface area (Å²) in [5.41, 5.74) is 0.634. The van der Waals surface area contributed by atoms with E-state index in [0.717, 1.165) is 11.1 Å². The van der Waals surface area contributed by atoms with Gasteiger partial charge in [-0.15, -0.1) is 11.3 Å². The molecule has 0 aliphatic heterocycles. The van der Waals surface area contributed by atoms with Crippen molar-refractivity contribution in [3.05, 3.63) is 51.5 Å². The van der Waals surface area contributed by atoms with E-state index in [1.54, 1.807) is 5.38 Å². The van der Waals surface area contributed by atoms with Crippen LogP contribution in [0.3, 0.4) is 0 Å². The fourth-order valence-electron chi connectivity index (χ4n) is 1.51. The number of hydrogen-bond donors (Lipinski definition) is 0. The molecule has 0 amide bonds. The highest BCUT2D eigenvalue weighted by Crippen LogP contribution is 2.13. The topological polar surface area (TPSA) is 39.2 Å². The summed E-state index contributed by atoms with van der Waals surface area (Å²) in [7, 11) is 0. The molecule has 6 heteroatoms. The quantitative estimate of drug-likeness (QED) is 0.810. The Labute approximate surface area is 112 Å². The van der Waals surface area contributed by atoms with Gasteiger partial charge >= 0.3 is 5.97 Å². The third kappa shape index (κ3) is 3.57. The van der Waals surface area contributed by atoms with E-state index in [9.17, 15) is 13.6 Å². The number of rotatable bonds is 4. The summed E-state index contributed by atoms with van der Waals surface area (Å²) in [4.78, 5) is 15.6. The summed E-state index contributed by atoms with van der Waals surface area (Å²) in [6.45, 7) is 1.55. The van der Waals surface area contributed by atoms with E-state index in [1.165, 1.54) is 23.5 Å². The minimum Gasteiger partial charge on any atom is -0.460 e. The Morgan fingerprint density at radius 1 is 1.42 bits per heavy atom. The van der Waals surface area contributed by atoms with Crippen LogP contribution in [0.4, 0.5) is 8.78 Å². The Kier molecular flexibility index (Phi) is 4.21. The molecule has 3 nitrogen and oxygen atoms in total. The highest BCUT2D eigenvalue weighted by atomic mass is 32.1. The van der Waals surface area contributed by atoms with Crippen LogP contribution in [0.5, 0.6) is 0 Å². The molecule has 0 aliphatic carbocycles. The maximum Gasteiger partial charge on any atom is 0.312 e. The van der Waals surface area contributed by atoms with Gasteiger partial charge in [-0.3, -0.25) is 4.79 Å². The third-order valence-electron chi connectivity index (χ3n) is 2.41. The third-order valence-corrected chi connectivity index (χ3v) is 3.23. The summed E-state index contributed by atoms with van der Waals surface area (Å²) in [5, 5.41) is 2.62. The van der Waals surface area contributed by atoms with Crippen molar-refractivity contribution < 1.29 is 18.3 Å². The van der Waals surface area contributed by atoms with Gasteiger partial charge in [0.25, 0.3) is 0 Å². The standard InChI is InChI=1S/C13H11F2NO2S/c1-8-16-10(7-19-8)5-12(17)18-6-9-3-2-4-11(14)13(9)15/h2-4,7H,5-6H2,1H3. The van der Waals surface area contributed by atoms with Crippen LogP contribution in [0, 0.1) is 18.6 Å². The van der Waals surface area contributed by atoms with Crippen molar-refractivity contribution in [1.82, 2.24) is 4.98 Å².